The number of rotatable bonds is 9. The number of hydrogen-bond donors (Lipinski definition) is 3. The summed E-state index contributed by atoms with van der Waals surface area (Å²) in [6.07, 6.45) is 0.730. The van der Waals surface area contributed by atoms with Gasteiger partial charge >= 0.3 is 5.97 Å². The van der Waals surface area contributed by atoms with Crippen LogP contribution >= 0.6 is 0 Å². The Morgan fingerprint density at radius 3 is 2.41 bits per heavy atom. The number of carboxylic acid groups (broad SMARTS) is 1. The second kappa shape index (κ2) is 8.49. The average molecular weight is 392 g/mol. The van der Waals surface area contributed by atoms with Crippen molar-refractivity contribution in [3.8, 4) is 0 Å². The molecule has 2 aromatic carbocycles. The number of nitrogens with one attached hydrogen (secondary N) is 2. The van der Waals surface area contributed by atoms with Crippen molar-refractivity contribution in [1.29, 1.82) is 0 Å². The molecule has 0 aliphatic carbocycles. The predicted octanol–water partition coefficient (Wildman–Crippen LogP) is 2.27. The number of carboxylic acids is 1. The molecule has 0 heterocycles. The molecular weight excluding hydrogens is 368 g/mol. The van der Waals surface area contributed by atoms with E-state index in [2.05, 4.69) is 10.0 Å². The molecule has 0 aliphatic rings. The largest absolute Gasteiger partial charge is 0.480 e. The van der Waals surface area contributed by atoms with E-state index in [-0.39, 0.29) is 24.3 Å². The minimum absolute atomic E-state index is 0.114. The molecule has 2 rings (SSSR count). The quantitative estimate of drug-likeness (QED) is 0.606. The van der Waals surface area contributed by atoms with Crippen molar-refractivity contribution in [2.75, 3.05) is 6.54 Å². The average Bonchev–Trinajstić information content (AvgIpc) is 2.61. The summed E-state index contributed by atoms with van der Waals surface area (Å²) in [4.78, 5) is 23.5. The number of hydrogen-bond acceptors (Lipinski definition) is 4. The summed E-state index contributed by atoms with van der Waals surface area (Å²) in [5.41, 5.74) is -1.36. The van der Waals surface area contributed by atoms with Crippen LogP contribution in [0.4, 0.5) is 0 Å². The lowest BCUT2D eigenvalue weighted by atomic mass is 9.96. The molecule has 0 spiro atoms. The number of fused-ring (bicyclic) bond motifs is 1. The van der Waals surface area contributed by atoms with Crippen molar-refractivity contribution < 1.29 is 23.1 Å². The summed E-state index contributed by atoms with van der Waals surface area (Å²) in [7, 11) is -3.76. The van der Waals surface area contributed by atoms with E-state index in [1.165, 1.54) is 13.0 Å². The van der Waals surface area contributed by atoms with Crippen LogP contribution in [-0.4, -0.2) is 37.5 Å². The number of carbonyl (C=O) groups excluding carboxylic acids is 1. The van der Waals surface area contributed by atoms with E-state index in [0.29, 0.717) is 6.42 Å². The zero-order valence-corrected chi connectivity index (χ0v) is 16.2. The molecule has 0 saturated carbocycles. The van der Waals surface area contributed by atoms with Gasteiger partial charge in [-0.3, -0.25) is 4.79 Å². The maximum absolute atomic E-state index is 12.4. The molecule has 3 N–H and O–H groups in total. The molecule has 0 aliphatic heterocycles. The molecule has 0 saturated heterocycles. The SMILES string of the molecule is CCCC(C)(NC(=O)CCNS(=O)(=O)c1ccc2ccccc2c1)C(=O)O. The normalized spacial score (nSPS) is 13.9. The fraction of sp³-hybridized carbons (Fsp3) is 0.368. The first kappa shape index (κ1) is 20.9. The lowest BCUT2D eigenvalue weighted by Crippen LogP contribution is -2.52. The van der Waals surface area contributed by atoms with Gasteiger partial charge < -0.3 is 10.4 Å². The number of sulfonamides is 1. The summed E-state index contributed by atoms with van der Waals surface area (Å²) >= 11 is 0. The molecule has 7 nitrogen and oxygen atoms in total. The molecule has 1 unspecified atom stereocenters. The van der Waals surface area contributed by atoms with Crippen LogP contribution in [0.3, 0.4) is 0 Å². The van der Waals surface area contributed by atoms with Crippen LogP contribution in [-0.2, 0) is 19.6 Å². The standard InChI is InChI=1S/C19H24N2O5S/c1-3-11-19(2,18(23)24)21-17(22)10-12-20-27(25,26)16-9-8-14-6-4-5-7-15(14)13-16/h4-9,13,20H,3,10-12H2,1-2H3,(H,21,22)(H,23,24). The van der Waals surface area contributed by atoms with E-state index >= 15 is 0 Å². The zero-order valence-electron chi connectivity index (χ0n) is 15.4. The van der Waals surface area contributed by atoms with Crippen molar-refractivity contribution in [1.82, 2.24) is 10.0 Å². The minimum Gasteiger partial charge on any atom is -0.480 e. The molecule has 146 valence electrons. The van der Waals surface area contributed by atoms with Crippen LogP contribution in [0.1, 0.15) is 33.1 Å². The van der Waals surface area contributed by atoms with E-state index in [9.17, 15) is 23.1 Å². The van der Waals surface area contributed by atoms with Gasteiger partial charge in [0.05, 0.1) is 4.90 Å². The molecule has 2 aromatic rings. The summed E-state index contributed by atoms with van der Waals surface area (Å²) in [6.45, 7) is 3.14. The van der Waals surface area contributed by atoms with Crippen molar-refractivity contribution in [3.05, 3.63) is 42.5 Å². The number of amides is 1. The fourth-order valence-electron chi connectivity index (χ4n) is 2.81. The Bertz CT molecular complexity index is 942. The number of aliphatic carboxylic acids is 1. The molecule has 27 heavy (non-hydrogen) atoms. The van der Waals surface area contributed by atoms with Gasteiger partial charge in [0.2, 0.25) is 15.9 Å². The van der Waals surface area contributed by atoms with Crippen molar-refractivity contribution in [2.45, 2.75) is 43.5 Å². The maximum Gasteiger partial charge on any atom is 0.329 e. The summed E-state index contributed by atoms with van der Waals surface area (Å²) in [6, 6.07) is 12.2. The molecule has 0 fully saturated rings. The number of benzene rings is 2. The van der Waals surface area contributed by atoms with Crippen LogP contribution in [0.5, 0.6) is 0 Å². The molecule has 0 aromatic heterocycles. The topological polar surface area (TPSA) is 113 Å². The van der Waals surface area contributed by atoms with Gasteiger partial charge in [-0.2, -0.15) is 0 Å². The fourth-order valence-corrected chi connectivity index (χ4v) is 3.88. The van der Waals surface area contributed by atoms with Gasteiger partial charge in [-0.1, -0.05) is 43.7 Å². The Morgan fingerprint density at radius 2 is 1.78 bits per heavy atom. The Balaban J connectivity index is 1.98. The molecule has 1 amide bonds. The van der Waals surface area contributed by atoms with E-state index in [4.69, 9.17) is 0 Å². The molecular formula is C19H24N2O5S. The highest BCUT2D eigenvalue weighted by Gasteiger charge is 2.33. The first-order chi connectivity index (χ1) is 12.7. The summed E-state index contributed by atoms with van der Waals surface area (Å²) in [5, 5.41) is 13.5. The van der Waals surface area contributed by atoms with Gasteiger partial charge in [0, 0.05) is 13.0 Å². The first-order valence-corrected chi connectivity index (χ1v) is 10.2. The Kier molecular flexibility index (Phi) is 6.56. The summed E-state index contributed by atoms with van der Waals surface area (Å²) in [5.74, 6) is -1.64. The predicted molar refractivity (Wildman–Crippen MR) is 103 cm³/mol. The zero-order chi connectivity index (χ0) is 20.1. The smallest absolute Gasteiger partial charge is 0.329 e. The van der Waals surface area contributed by atoms with Gasteiger partial charge in [0.15, 0.2) is 0 Å². The highest BCUT2D eigenvalue weighted by atomic mass is 32.2. The second-order valence-corrected chi connectivity index (χ2v) is 8.36. The van der Waals surface area contributed by atoms with Gasteiger partial charge in [0.25, 0.3) is 0 Å². The minimum atomic E-state index is -3.76. The van der Waals surface area contributed by atoms with Crippen LogP contribution < -0.4 is 10.0 Å². The monoisotopic (exact) mass is 392 g/mol. The van der Waals surface area contributed by atoms with Gasteiger partial charge in [0.1, 0.15) is 5.54 Å². The Hall–Kier alpha value is -2.45. The van der Waals surface area contributed by atoms with E-state index < -0.39 is 27.4 Å². The molecule has 0 bridgehead atoms. The lowest BCUT2D eigenvalue weighted by molar-refractivity contribution is -0.147. The van der Waals surface area contributed by atoms with Gasteiger partial charge in [-0.05, 0) is 36.2 Å². The van der Waals surface area contributed by atoms with Crippen LogP contribution in [0.2, 0.25) is 0 Å². The maximum atomic E-state index is 12.4. The first-order valence-electron chi connectivity index (χ1n) is 8.71. The summed E-state index contributed by atoms with van der Waals surface area (Å²) < 4.78 is 27.2. The van der Waals surface area contributed by atoms with Crippen molar-refractivity contribution in [2.24, 2.45) is 0 Å². The highest BCUT2D eigenvalue weighted by Crippen LogP contribution is 2.19. The third kappa shape index (κ3) is 5.27. The van der Waals surface area contributed by atoms with Crippen molar-refractivity contribution in [3.63, 3.8) is 0 Å². The van der Waals surface area contributed by atoms with Crippen LogP contribution in [0, 0.1) is 0 Å². The lowest BCUT2D eigenvalue weighted by Gasteiger charge is -2.25. The molecule has 0 radical (unpaired) electrons. The third-order valence-corrected chi connectivity index (χ3v) is 5.77. The molecule has 1 atom stereocenters. The van der Waals surface area contributed by atoms with Gasteiger partial charge in [-0.25, -0.2) is 17.9 Å². The van der Waals surface area contributed by atoms with Crippen LogP contribution in [0.25, 0.3) is 10.8 Å². The van der Waals surface area contributed by atoms with Crippen molar-refractivity contribution >= 4 is 32.7 Å². The Morgan fingerprint density at radius 1 is 1.11 bits per heavy atom. The highest BCUT2D eigenvalue weighted by molar-refractivity contribution is 7.89. The second-order valence-electron chi connectivity index (χ2n) is 6.59. The molecule has 8 heteroatoms. The Labute approximate surface area is 158 Å². The van der Waals surface area contributed by atoms with E-state index in [1.54, 1.807) is 12.1 Å². The number of carbonyl (C=O) groups is 2. The van der Waals surface area contributed by atoms with E-state index in [1.807, 2.05) is 31.2 Å². The van der Waals surface area contributed by atoms with Gasteiger partial charge in [-0.15, -0.1) is 0 Å². The van der Waals surface area contributed by atoms with E-state index in [0.717, 1.165) is 10.8 Å². The van der Waals surface area contributed by atoms with Crippen LogP contribution in [0.15, 0.2) is 47.4 Å². The third-order valence-electron chi connectivity index (χ3n) is 4.31.